The first kappa shape index (κ1) is 18.9. The highest BCUT2D eigenvalue weighted by molar-refractivity contribution is 9.10. The smallest absolute Gasteiger partial charge is 0.324 e. The van der Waals surface area contributed by atoms with Gasteiger partial charge in [0.15, 0.2) is 0 Å². The Balaban J connectivity index is 2.65. The topological polar surface area (TPSA) is 118 Å². The highest BCUT2D eigenvalue weighted by atomic mass is 79.9. The molecule has 0 aromatic heterocycles. The maximum atomic E-state index is 12.9. The Hall–Kier alpha value is -2.46. The van der Waals surface area contributed by atoms with Crippen molar-refractivity contribution in [2.24, 2.45) is 0 Å². The molecule has 0 saturated heterocycles. The SMILES string of the molecule is Cc1c(N(CC(=O)O)S(=O)(=O)c2ccc(Br)cc2)cccc1[N+](=O)[O-]. The van der Waals surface area contributed by atoms with Gasteiger partial charge in [0.2, 0.25) is 0 Å². The van der Waals surface area contributed by atoms with Crippen LogP contribution in [0.4, 0.5) is 11.4 Å². The summed E-state index contributed by atoms with van der Waals surface area (Å²) < 4.78 is 27.1. The van der Waals surface area contributed by atoms with Gasteiger partial charge in [-0.25, -0.2) is 8.42 Å². The van der Waals surface area contributed by atoms with Gasteiger partial charge in [-0.05, 0) is 37.3 Å². The van der Waals surface area contributed by atoms with Crippen LogP contribution in [0, 0.1) is 17.0 Å². The van der Waals surface area contributed by atoms with Crippen LogP contribution in [0.3, 0.4) is 0 Å². The zero-order valence-corrected chi connectivity index (χ0v) is 15.3. The lowest BCUT2D eigenvalue weighted by Gasteiger charge is -2.24. The lowest BCUT2D eigenvalue weighted by molar-refractivity contribution is -0.385. The van der Waals surface area contributed by atoms with Crippen molar-refractivity contribution in [2.75, 3.05) is 10.8 Å². The highest BCUT2D eigenvalue weighted by Crippen LogP contribution is 2.32. The van der Waals surface area contributed by atoms with Gasteiger partial charge < -0.3 is 5.11 Å². The number of carboxylic acid groups (broad SMARTS) is 1. The number of aliphatic carboxylic acids is 1. The molecule has 0 radical (unpaired) electrons. The Morgan fingerprint density at radius 3 is 2.36 bits per heavy atom. The first-order chi connectivity index (χ1) is 11.6. The van der Waals surface area contributed by atoms with E-state index in [1.165, 1.54) is 49.4 Å². The summed E-state index contributed by atoms with van der Waals surface area (Å²) in [5, 5.41) is 20.2. The van der Waals surface area contributed by atoms with Gasteiger partial charge in [0.05, 0.1) is 21.1 Å². The van der Waals surface area contributed by atoms with Crippen LogP contribution in [0.2, 0.25) is 0 Å². The molecule has 0 atom stereocenters. The van der Waals surface area contributed by atoms with Crippen LogP contribution in [0.5, 0.6) is 0 Å². The third kappa shape index (κ3) is 3.97. The quantitative estimate of drug-likeness (QED) is 0.557. The van der Waals surface area contributed by atoms with Gasteiger partial charge in [0, 0.05) is 10.5 Å². The molecule has 2 aromatic carbocycles. The molecule has 132 valence electrons. The first-order valence-electron chi connectivity index (χ1n) is 6.88. The molecule has 2 rings (SSSR count). The minimum Gasteiger partial charge on any atom is -0.480 e. The van der Waals surface area contributed by atoms with Crippen LogP contribution in [0.15, 0.2) is 51.8 Å². The van der Waals surface area contributed by atoms with Crippen LogP contribution >= 0.6 is 15.9 Å². The molecule has 0 aliphatic heterocycles. The van der Waals surface area contributed by atoms with Crippen molar-refractivity contribution in [3.63, 3.8) is 0 Å². The fourth-order valence-corrected chi connectivity index (χ4v) is 3.97. The molecular weight excluding hydrogens is 416 g/mol. The van der Waals surface area contributed by atoms with Crippen LogP contribution in [-0.4, -0.2) is 31.0 Å². The van der Waals surface area contributed by atoms with Gasteiger partial charge in [0.1, 0.15) is 6.54 Å². The zero-order valence-electron chi connectivity index (χ0n) is 12.9. The van der Waals surface area contributed by atoms with Gasteiger partial charge in [-0.15, -0.1) is 0 Å². The number of benzene rings is 2. The summed E-state index contributed by atoms with van der Waals surface area (Å²) in [4.78, 5) is 21.5. The zero-order chi connectivity index (χ0) is 18.8. The minimum atomic E-state index is -4.22. The van der Waals surface area contributed by atoms with Crippen molar-refractivity contribution in [3.8, 4) is 0 Å². The number of hydrogen-bond donors (Lipinski definition) is 1. The molecule has 1 N–H and O–H groups in total. The van der Waals surface area contributed by atoms with Crippen LogP contribution in [0.1, 0.15) is 5.56 Å². The van der Waals surface area contributed by atoms with Crippen LogP contribution < -0.4 is 4.31 Å². The van der Waals surface area contributed by atoms with Gasteiger partial charge in [0.25, 0.3) is 15.7 Å². The molecule has 0 amide bonds. The summed E-state index contributed by atoms with van der Waals surface area (Å²) in [5.41, 5.74) is -0.284. The molecule has 25 heavy (non-hydrogen) atoms. The number of carboxylic acids is 1. The number of anilines is 1. The monoisotopic (exact) mass is 428 g/mol. The Bertz CT molecular complexity index is 928. The lowest BCUT2D eigenvalue weighted by Crippen LogP contribution is -2.36. The molecule has 0 unspecified atom stereocenters. The molecule has 0 bridgehead atoms. The average molecular weight is 429 g/mol. The number of carbonyl (C=O) groups is 1. The molecule has 0 spiro atoms. The summed E-state index contributed by atoms with van der Waals surface area (Å²) >= 11 is 3.19. The normalized spacial score (nSPS) is 11.1. The predicted molar refractivity (Wildman–Crippen MR) is 94.1 cm³/mol. The van der Waals surface area contributed by atoms with Crippen molar-refractivity contribution in [1.29, 1.82) is 0 Å². The maximum absolute atomic E-state index is 12.9. The van der Waals surface area contributed by atoms with Crippen LogP contribution in [-0.2, 0) is 14.8 Å². The average Bonchev–Trinajstić information content (AvgIpc) is 2.53. The van der Waals surface area contributed by atoms with E-state index in [4.69, 9.17) is 5.11 Å². The van der Waals surface area contributed by atoms with E-state index in [1.54, 1.807) is 0 Å². The molecule has 0 heterocycles. The van der Waals surface area contributed by atoms with Crippen molar-refractivity contribution in [1.82, 2.24) is 0 Å². The Labute approximate surface area is 152 Å². The number of nitrogens with zero attached hydrogens (tertiary/aromatic N) is 2. The molecule has 0 aliphatic carbocycles. The van der Waals surface area contributed by atoms with E-state index in [0.29, 0.717) is 8.78 Å². The summed E-state index contributed by atoms with van der Waals surface area (Å²) in [6.07, 6.45) is 0. The molecule has 0 saturated carbocycles. The predicted octanol–water partition coefficient (Wildman–Crippen LogP) is 2.95. The molecule has 8 nitrogen and oxygen atoms in total. The number of sulfonamides is 1. The minimum absolute atomic E-state index is 0.0560. The second-order valence-electron chi connectivity index (χ2n) is 5.04. The fourth-order valence-electron chi connectivity index (χ4n) is 2.24. The van der Waals surface area contributed by atoms with E-state index >= 15 is 0 Å². The lowest BCUT2D eigenvalue weighted by atomic mass is 10.1. The Morgan fingerprint density at radius 2 is 1.84 bits per heavy atom. The van der Waals surface area contributed by atoms with Gasteiger partial charge in [-0.3, -0.25) is 19.2 Å². The van der Waals surface area contributed by atoms with Gasteiger partial charge >= 0.3 is 5.97 Å². The molecular formula is C15H13BrN2O6S. The summed E-state index contributed by atoms with van der Waals surface area (Å²) in [5.74, 6) is -1.38. The second-order valence-corrected chi connectivity index (χ2v) is 7.82. The fraction of sp³-hybridized carbons (Fsp3) is 0.133. The molecule has 10 heteroatoms. The molecule has 2 aromatic rings. The number of nitro benzene ring substituents is 1. The summed E-state index contributed by atoms with van der Waals surface area (Å²) in [6.45, 7) is 0.514. The van der Waals surface area contributed by atoms with E-state index in [0.717, 1.165) is 0 Å². The Morgan fingerprint density at radius 1 is 1.24 bits per heavy atom. The molecule has 0 fully saturated rings. The Kier molecular flexibility index (Phi) is 5.43. The van der Waals surface area contributed by atoms with Crippen molar-refractivity contribution < 1.29 is 23.2 Å². The second kappa shape index (κ2) is 7.19. The number of nitro groups is 1. The van der Waals surface area contributed by atoms with Crippen LogP contribution in [0.25, 0.3) is 0 Å². The number of hydrogen-bond acceptors (Lipinski definition) is 5. The van der Waals surface area contributed by atoms with E-state index in [1.807, 2.05) is 0 Å². The standard InChI is InChI=1S/C15H13BrN2O6S/c1-10-13(3-2-4-14(10)18(21)22)17(9-15(19)20)25(23,24)12-7-5-11(16)6-8-12/h2-8H,9H2,1H3,(H,19,20). The maximum Gasteiger partial charge on any atom is 0.324 e. The molecule has 0 aliphatic rings. The largest absolute Gasteiger partial charge is 0.480 e. The third-order valence-corrected chi connectivity index (χ3v) is 5.73. The third-order valence-electron chi connectivity index (χ3n) is 3.42. The number of halogens is 1. The summed E-state index contributed by atoms with van der Waals surface area (Å²) in [6, 6.07) is 9.53. The highest BCUT2D eigenvalue weighted by Gasteiger charge is 2.30. The van der Waals surface area contributed by atoms with E-state index in [2.05, 4.69) is 15.9 Å². The summed E-state index contributed by atoms with van der Waals surface area (Å²) in [7, 11) is -4.22. The first-order valence-corrected chi connectivity index (χ1v) is 9.12. The van der Waals surface area contributed by atoms with E-state index in [-0.39, 0.29) is 21.8 Å². The van der Waals surface area contributed by atoms with Crippen molar-refractivity contribution in [2.45, 2.75) is 11.8 Å². The van der Waals surface area contributed by atoms with E-state index < -0.39 is 27.5 Å². The van der Waals surface area contributed by atoms with Crippen molar-refractivity contribution in [3.05, 3.63) is 62.6 Å². The van der Waals surface area contributed by atoms with Gasteiger partial charge in [-0.1, -0.05) is 22.0 Å². The van der Waals surface area contributed by atoms with E-state index in [9.17, 15) is 23.3 Å². The number of rotatable bonds is 6. The van der Waals surface area contributed by atoms with Gasteiger partial charge in [-0.2, -0.15) is 0 Å². The van der Waals surface area contributed by atoms with Crippen molar-refractivity contribution >= 4 is 43.3 Å².